The van der Waals surface area contributed by atoms with Crippen LogP contribution < -0.4 is 15.4 Å². The van der Waals surface area contributed by atoms with Crippen LogP contribution >= 0.6 is 11.8 Å². The van der Waals surface area contributed by atoms with E-state index in [1.165, 1.54) is 11.8 Å². The van der Waals surface area contributed by atoms with Gasteiger partial charge in [-0.2, -0.15) is 0 Å². The maximum Gasteiger partial charge on any atom is 0.243 e. The molecule has 2 aromatic carbocycles. The zero-order valence-corrected chi connectivity index (χ0v) is 17.9. The first-order chi connectivity index (χ1) is 15.3. The Bertz CT molecular complexity index is 1140. The van der Waals surface area contributed by atoms with Crippen LogP contribution in [0.3, 0.4) is 0 Å². The number of rotatable bonds is 8. The molecule has 1 heterocycles. The second kappa shape index (κ2) is 10.2. The number of nitrogens with zero attached hydrogens (tertiary/aromatic N) is 2. The summed E-state index contributed by atoms with van der Waals surface area (Å²) in [6, 6.07) is 8.90. The largest absolute Gasteiger partial charge is 0.497 e. The third-order valence-corrected chi connectivity index (χ3v) is 5.40. The van der Waals surface area contributed by atoms with Crippen molar-refractivity contribution >= 4 is 29.3 Å². The van der Waals surface area contributed by atoms with Crippen LogP contribution in [0.15, 0.2) is 53.9 Å². The topological polar surface area (TPSA) is 85.2 Å². The summed E-state index contributed by atoms with van der Waals surface area (Å²) >= 11 is 1.17. The SMILES string of the molecule is COc1cccc(-n2ccnc2SC(C)C(=O)NCC(=O)Nc2ccc(F)c(F)c2F)c1. The summed E-state index contributed by atoms with van der Waals surface area (Å²) in [5.41, 5.74) is 0.274. The number of carbonyl (C=O) groups excluding carboxylic acids is 2. The number of carbonyl (C=O) groups is 2. The highest BCUT2D eigenvalue weighted by Crippen LogP contribution is 2.26. The number of halogens is 3. The highest BCUT2D eigenvalue weighted by molar-refractivity contribution is 8.00. The van der Waals surface area contributed by atoms with E-state index >= 15 is 0 Å². The summed E-state index contributed by atoms with van der Waals surface area (Å²) in [6.45, 7) is 1.16. The molecule has 3 aromatic rings. The van der Waals surface area contributed by atoms with E-state index in [2.05, 4.69) is 15.6 Å². The molecule has 0 fully saturated rings. The van der Waals surface area contributed by atoms with Crippen LogP contribution in [0.1, 0.15) is 6.92 Å². The molecule has 2 N–H and O–H groups in total. The fourth-order valence-corrected chi connectivity index (χ4v) is 3.58. The van der Waals surface area contributed by atoms with Crippen molar-refractivity contribution in [3.8, 4) is 11.4 Å². The number of methoxy groups -OCH3 is 1. The van der Waals surface area contributed by atoms with Crippen LogP contribution in [0, 0.1) is 17.5 Å². The number of ether oxygens (including phenoxy) is 1. The van der Waals surface area contributed by atoms with E-state index in [4.69, 9.17) is 4.74 Å². The average Bonchev–Trinajstić information content (AvgIpc) is 3.26. The van der Waals surface area contributed by atoms with Crippen molar-refractivity contribution in [2.24, 2.45) is 0 Å². The number of amides is 2. The molecule has 1 unspecified atom stereocenters. The minimum absolute atomic E-state index is 0.462. The summed E-state index contributed by atoms with van der Waals surface area (Å²) in [7, 11) is 1.56. The molecule has 0 radical (unpaired) electrons. The molecule has 3 rings (SSSR count). The zero-order chi connectivity index (χ0) is 23.3. The molecular weight excluding hydrogens is 445 g/mol. The number of imidazole rings is 1. The summed E-state index contributed by atoms with van der Waals surface area (Å²) in [5, 5.41) is 4.44. The third kappa shape index (κ3) is 5.41. The van der Waals surface area contributed by atoms with Gasteiger partial charge in [-0.1, -0.05) is 17.8 Å². The molecule has 0 spiro atoms. The van der Waals surface area contributed by atoms with Crippen molar-refractivity contribution in [2.45, 2.75) is 17.3 Å². The molecule has 0 saturated heterocycles. The molecule has 1 aromatic heterocycles. The summed E-state index contributed by atoms with van der Waals surface area (Å²) < 4.78 is 46.9. The van der Waals surface area contributed by atoms with Gasteiger partial charge in [0.2, 0.25) is 11.8 Å². The average molecular weight is 464 g/mol. The normalized spacial score (nSPS) is 11.7. The van der Waals surface area contributed by atoms with Gasteiger partial charge < -0.3 is 15.4 Å². The maximum absolute atomic E-state index is 13.6. The molecule has 1 atom stereocenters. The smallest absolute Gasteiger partial charge is 0.243 e. The number of hydrogen-bond donors (Lipinski definition) is 2. The summed E-state index contributed by atoms with van der Waals surface area (Å²) in [6.07, 6.45) is 3.34. The number of benzene rings is 2. The molecular formula is C21H19F3N4O3S. The van der Waals surface area contributed by atoms with Gasteiger partial charge in [-0.15, -0.1) is 0 Å². The first-order valence-corrected chi connectivity index (χ1v) is 10.2. The first kappa shape index (κ1) is 23.2. The van der Waals surface area contributed by atoms with Gasteiger partial charge >= 0.3 is 0 Å². The van der Waals surface area contributed by atoms with Crippen molar-refractivity contribution in [1.82, 2.24) is 14.9 Å². The number of aromatic nitrogens is 2. The van der Waals surface area contributed by atoms with E-state index in [0.717, 1.165) is 11.8 Å². The van der Waals surface area contributed by atoms with Crippen molar-refractivity contribution in [3.63, 3.8) is 0 Å². The molecule has 2 amide bonds. The van der Waals surface area contributed by atoms with Gasteiger partial charge in [0.1, 0.15) is 5.75 Å². The van der Waals surface area contributed by atoms with Gasteiger partial charge in [0.25, 0.3) is 0 Å². The fraction of sp³-hybridized carbons (Fsp3) is 0.190. The summed E-state index contributed by atoms with van der Waals surface area (Å²) in [4.78, 5) is 28.6. The second-order valence-electron chi connectivity index (χ2n) is 6.53. The minimum Gasteiger partial charge on any atom is -0.497 e. The Morgan fingerprint density at radius 2 is 1.97 bits per heavy atom. The molecule has 32 heavy (non-hydrogen) atoms. The van der Waals surface area contributed by atoms with Gasteiger partial charge in [0.05, 0.1) is 30.3 Å². The molecule has 11 heteroatoms. The molecule has 0 aliphatic heterocycles. The second-order valence-corrected chi connectivity index (χ2v) is 7.84. The lowest BCUT2D eigenvalue weighted by atomic mass is 10.2. The highest BCUT2D eigenvalue weighted by Gasteiger charge is 2.20. The van der Waals surface area contributed by atoms with Crippen LogP contribution in [0.2, 0.25) is 0 Å². The van der Waals surface area contributed by atoms with E-state index in [0.29, 0.717) is 17.0 Å². The van der Waals surface area contributed by atoms with Crippen molar-refractivity contribution in [1.29, 1.82) is 0 Å². The van der Waals surface area contributed by atoms with Crippen LogP contribution in [-0.4, -0.2) is 40.3 Å². The summed E-state index contributed by atoms with van der Waals surface area (Å²) in [5.74, 6) is -5.16. The lowest BCUT2D eigenvalue weighted by Gasteiger charge is -2.14. The molecule has 0 bridgehead atoms. The van der Waals surface area contributed by atoms with Crippen molar-refractivity contribution < 1.29 is 27.5 Å². The van der Waals surface area contributed by atoms with Crippen molar-refractivity contribution in [2.75, 3.05) is 19.0 Å². The lowest BCUT2D eigenvalue weighted by Crippen LogP contribution is -2.37. The Labute approximate surface area is 186 Å². The quantitative estimate of drug-likeness (QED) is 0.394. The van der Waals surface area contributed by atoms with E-state index < -0.39 is 46.7 Å². The Morgan fingerprint density at radius 1 is 1.19 bits per heavy atom. The van der Waals surface area contributed by atoms with Gasteiger partial charge in [-0.25, -0.2) is 18.2 Å². The van der Waals surface area contributed by atoms with Gasteiger partial charge in [0, 0.05) is 18.5 Å². The predicted octanol–water partition coefficient (Wildman–Crippen LogP) is 3.53. The highest BCUT2D eigenvalue weighted by atomic mass is 32.2. The fourth-order valence-electron chi connectivity index (χ4n) is 2.67. The molecule has 0 aliphatic carbocycles. The van der Waals surface area contributed by atoms with E-state index in [9.17, 15) is 22.8 Å². The minimum atomic E-state index is -1.69. The predicted molar refractivity (Wildman–Crippen MR) is 113 cm³/mol. The monoisotopic (exact) mass is 464 g/mol. The van der Waals surface area contributed by atoms with Crippen LogP contribution in [0.4, 0.5) is 18.9 Å². The number of thioether (sulfide) groups is 1. The van der Waals surface area contributed by atoms with Crippen LogP contribution in [0.5, 0.6) is 5.75 Å². The zero-order valence-electron chi connectivity index (χ0n) is 17.1. The van der Waals surface area contributed by atoms with E-state index in [1.54, 1.807) is 37.1 Å². The molecule has 0 aliphatic rings. The molecule has 7 nitrogen and oxygen atoms in total. The van der Waals surface area contributed by atoms with Gasteiger partial charge in [-0.3, -0.25) is 14.2 Å². The Hall–Kier alpha value is -3.47. The van der Waals surface area contributed by atoms with E-state index in [1.807, 2.05) is 18.2 Å². The molecule has 168 valence electrons. The number of nitrogens with one attached hydrogen (secondary N) is 2. The van der Waals surface area contributed by atoms with Crippen LogP contribution in [0.25, 0.3) is 5.69 Å². The number of hydrogen-bond acceptors (Lipinski definition) is 5. The van der Waals surface area contributed by atoms with Gasteiger partial charge in [-0.05, 0) is 31.2 Å². The Morgan fingerprint density at radius 3 is 2.72 bits per heavy atom. The van der Waals surface area contributed by atoms with Crippen molar-refractivity contribution in [3.05, 3.63) is 66.2 Å². The van der Waals surface area contributed by atoms with Crippen LogP contribution in [-0.2, 0) is 9.59 Å². The Kier molecular flexibility index (Phi) is 7.41. The number of anilines is 1. The van der Waals surface area contributed by atoms with Gasteiger partial charge in [0.15, 0.2) is 22.6 Å². The molecule has 0 saturated carbocycles. The lowest BCUT2D eigenvalue weighted by molar-refractivity contribution is -0.123. The standard InChI is InChI=1S/C21H19F3N4O3S/c1-12(32-21-25-8-9-28(21)13-4-3-5-14(10-13)31-2)20(30)26-11-17(29)27-16-7-6-15(22)18(23)19(16)24/h3-10,12H,11H2,1-2H3,(H,26,30)(H,27,29). The third-order valence-electron chi connectivity index (χ3n) is 4.32. The van der Waals surface area contributed by atoms with E-state index in [-0.39, 0.29) is 0 Å². The Balaban J connectivity index is 1.57. The first-order valence-electron chi connectivity index (χ1n) is 9.35. The maximum atomic E-state index is 13.6.